The van der Waals surface area contributed by atoms with Crippen LogP contribution in [-0.4, -0.2) is 62.8 Å². The molecule has 1 heterocycles. The van der Waals surface area contributed by atoms with Crippen LogP contribution in [0.3, 0.4) is 0 Å². The van der Waals surface area contributed by atoms with Gasteiger partial charge in [0.25, 0.3) is 0 Å². The largest absolute Gasteiger partial charge is 0.379 e. The van der Waals surface area contributed by atoms with Gasteiger partial charge in [0.05, 0.1) is 13.2 Å². The van der Waals surface area contributed by atoms with Crippen molar-refractivity contribution in [3.63, 3.8) is 0 Å². The predicted octanol–water partition coefficient (Wildman–Crippen LogP) is 2.70. The van der Waals surface area contributed by atoms with Crippen molar-refractivity contribution in [3.8, 4) is 0 Å². The number of nitrogens with one attached hydrogen (secondary N) is 2. The second-order valence-electron chi connectivity index (χ2n) is 7.51. The van der Waals surface area contributed by atoms with Crippen LogP contribution in [0.4, 0.5) is 0 Å². The van der Waals surface area contributed by atoms with Crippen LogP contribution in [0.25, 0.3) is 0 Å². The molecular formula is C18H37IN4O. The first kappa shape index (κ1) is 22.0. The molecule has 0 amide bonds. The van der Waals surface area contributed by atoms with Crippen molar-refractivity contribution in [2.75, 3.05) is 39.9 Å². The minimum Gasteiger partial charge on any atom is -0.379 e. The van der Waals surface area contributed by atoms with E-state index in [4.69, 9.17) is 4.74 Å². The molecule has 2 fully saturated rings. The van der Waals surface area contributed by atoms with Gasteiger partial charge in [-0.05, 0) is 37.5 Å². The van der Waals surface area contributed by atoms with E-state index in [1.807, 2.05) is 7.05 Å². The van der Waals surface area contributed by atoms with E-state index < -0.39 is 0 Å². The van der Waals surface area contributed by atoms with Crippen molar-refractivity contribution >= 4 is 29.9 Å². The predicted molar refractivity (Wildman–Crippen MR) is 112 cm³/mol. The van der Waals surface area contributed by atoms with E-state index in [2.05, 4.69) is 41.3 Å². The lowest BCUT2D eigenvalue weighted by atomic mass is 9.87. The maximum absolute atomic E-state index is 5.49. The van der Waals surface area contributed by atoms with Gasteiger partial charge in [-0.3, -0.25) is 9.89 Å². The molecule has 1 unspecified atom stereocenters. The summed E-state index contributed by atoms with van der Waals surface area (Å²) in [6.07, 6.45) is 5.19. The topological polar surface area (TPSA) is 48.9 Å². The number of nitrogens with zero attached hydrogens (tertiary/aromatic N) is 2. The Bertz CT molecular complexity index is 364. The summed E-state index contributed by atoms with van der Waals surface area (Å²) in [5.41, 5.74) is 0. The molecule has 0 spiro atoms. The summed E-state index contributed by atoms with van der Waals surface area (Å²) in [6.45, 7) is 11.7. The third kappa shape index (κ3) is 7.04. The van der Waals surface area contributed by atoms with Crippen LogP contribution >= 0.6 is 24.0 Å². The van der Waals surface area contributed by atoms with E-state index in [1.165, 1.54) is 25.7 Å². The number of aliphatic imine (C=N–C) groups is 1. The molecule has 6 heteroatoms. The van der Waals surface area contributed by atoms with E-state index >= 15 is 0 Å². The molecule has 1 aliphatic heterocycles. The lowest BCUT2D eigenvalue weighted by molar-refractivity contribution is 0.00751. The van der Waals surface area contributed by atoms with Gasteiger partial charge in [-0.25, -0.2) is 0 Å². The van der Waals surface area contributed by atoms with E-state index in [1.54, 1.807) is 0 Å². The Balaban J connectivity index is 0.00000288. The third-order valence-corrected chi connectivity index (χ3v) is 5.34. The Hall–Kier alpha value is -0.0800. The Morgan fingerprint density at radius 3 is 2.33 bits per heavy atom. The Morgan fingerprint density at radius 2 is 1.79 bits per heavy atom. The van der Waals surface area contributed by atoms with Gasteiger partial charge in [0.15, 0.2) is 5.96 Å². The van der Waals surface area contributed by atoms with Crippen molar-refractivity contribution in [2.24, 2.45) is 16.8 Å². The fourth-order valence-corrected chi connectivity index (χ4v) is 3.69. The van der Waals surface area contributed by atoms with Gasteiger partial charge in [-0.2, -0.15) is 0 Å². The number of ether oxygens (including phenoxy) is 1. The highest BCUT2D eigenvalue weighted by molar-refractivity contribution is 14.0. The van der Waals surface area contributed by atoms with Crippen LogP contribution in [0, 0.1) is 11.8 Å². The van der Waals surface area contributed by atoms with Crippen molar-refractivity contribution in [2.45, 2.75) is 58.5 Å². The average Bonchev–Trinajstić information content (AvgIpc) is 2.56. The Morgan fingerprint density at radius 1 is 1.17 bits per heavy atom. The Kier molecular flexibility index (Phi) is 10.5. The van der Waals surface area contributed by atoms with E-state index in [0.29, 0.717) is 18.0 Å². The van der Waals surface area contributed by atoms with Gasteiger partial charge in [0.1, 0.15) is 0 Å². The van der Waals surface area contributed by atoms with Gasteiger partial charge in [0.2, 0.25) is 0 Å². The quantitative estimate of drug-likeness (QED) is 0.383. The molecule has 1 saturated heterocycles. The van der Waals surface area contributed by atoms with Gasteiger partial charge < -0.3 is 15.4 Å². The third-order valence-electron chi connectivity index (χ3n) is 5.34. The molecule has 1 aliphatic carbocycles. The molecule has 2 rings (SSSR count). The normalized spacial score (nSPS) is 27.5. The van der Waals surface area contributed by atoms with E-state index in [0.717, 1.165) is 44.7 Å². The van der Waals surface area contributed by atoms with Gasteiger partial charge in [0, 0.05) is 38.8 Å². The second kappa shape index (κ2) is 11.5. The summed E-state index contributed by atoms with van der Waals surface area (Å²) in [7, 11) is 1.87. The van der Waals surface area contributed by atoms with Crippen LogP contribution in [0.5, 0.6) is 0 Å². The van der Waals surface area contributed by atoms with Gasteiger partial charge >= 0.3 is 0 Å². The van der Waals surface area contributed by atoms with E-state index in [-0.39, 0.29) is 24.0 Å². The van der Waals surface area contributed by atoms with Crippen molar-refractivity contribution < 1.29 is 4.74 Å². The van der Waals surface area contributed by atoms with Crippen LogP contribution in [0.15, 0.2) is 4.99 Å². The van der Waals surface area contributed by atoms with Gasteiger partial charge in [-0.1, -0.05) is 20.8 Å². The molecule has 0 bridgehead atoms. The molecular weight excluding hydrogens is 415 g/mol. The summed E-state index contributed by atoms with van der Waals surface area (Å²) >= 11 is 0. The highest BCUT2D eigenvalue weighted by atomic mass is 127. The van der Waals surface area contributed by atoms with E-state index in [9.17, 15) is 0 Å². The molecule has 2 N–H and O–H groups in total. The first-order valence-electron chi connectivity index (χ1n) is 9.39. The molecule has 1 atom stereocenters. The number of hydrogen-bond donors (Lipinski definition) is 2. The molecule has 0 aromatic carbocycles. The van der Waals surface area contributed by atoms with Crippen LogP contribution in [-0.2, 0) is 4.74 Å². The lowest BCUT2D eigenvalue weighted by Gasteiger charge is -2.37. The summed E-state index contributed by atoms with van der Waals surface area (Å²) in [4.78, 5) is 6.98. The highest BCUT2D eigenvalue weighted by Crippen LogP contribution is 2.23. The molecule has 142 valence electrons. The van der Waals surface area contributed by atoms with Crippen LogP contribution < -0.4 is 10.6 Å². The zero-order valence-corrected chi connectivity index (χ0v) is 18.2. The summed E-state index contributed by atoms with van der Waals surface area (Å²) < 4.78 is 5.49. The molecule has 0 aromatic rings. The van der Waals surface area contributed by atoms with Crippen molar-refractivity contribution in [3.05, 3.63) is 0 Å². The first-order chi connectivity index (χ1) is 11.1. The fourth-order valence-electron chi connectivity index (χ4n) is 3.69. The molecule has 2 aliphatic rings. The molecule has 0 aromatic heterocycles. The molecule has 5 nitrogen and oxygen atoms in total. The average molecular weight is 452 g/mol. The Labute approximate surface area is 165 Å². The number of halogens is 1. The van der Waals surface area contributed by atoms with Crippen molar-refractivity contribution in [1.29, 1.82) is 0 Å². The molecule has 1 saturated carbocycles. The van der Waals surface area contributed by atoms with Crippen LogP contribution in [0.1, 0.15) is 46.5 Å². The highest BCUT2D eigenvalue weighted by Gasteiger charge is 2.24. The number of hydrogen-bond acceptors (Lipinski definition) is 3. The summed E-state index contributed by atoms with van der Waals surface area (Å²) in [5.74, 6) is 2.47. The van der Waals surface area contributed by atoms with Crippen molar-refractivity contribution in [1.82, 2.24) is 15.5 Å². The number of guanidine groups is 1. The van der Waals surface area contributed by atoms with Crippen LogP contribution in [0.2, 0.25) is 0 Å². The summed E-state index contributed by atoms with van der Waals surface area (Å²) in [6, 6.07) is 1.11. The zero-order valence-electron chi connectivity index (χ0n) is 15.9. The maximum atomic E-state index is 5.49. The number of morpholine rings is 1. The smallest absolute Gasteiger partial charge is 0.191 e. The fraction of sp³-hybridized carbons (Fsp3) is 0.944. The maximum Gasteiger partial charge on any atom is 0.191 e. The number of rotatable bonds is 5. The molecule has 24 heavy (non-hydrogen) atoms. The first-order valence-corrected chi connectivity index (χ1v) is 9.39. The lowest BCUT2D eigenvalue weighted by Crippen LogP contribution is -2.53. The monoisotopic (exact) mass is 452 g/mol. The molecule has 0 radical (unpaired) electrons. The van der Waals surface area contributed by atoms with Gasteiger partial charge in [-0.15, -0.1) is 24.0 Å². The second-order valence-corrected chi connectivity index (χ2v) is 7.51. The standard InChI is InChI=1S/C18H36N4O.HI/c1-14(2)17(22-9-11-23-12-10-22)13-20-18(19-4)21-16-7-5-15(3)6-8-16;/h14-17H,5-13H2,1-4H3,(H2,19,20,21);1H. The SMILES string of the molecule is CN=C(NCC(C(C)C)N1CCOCC1)NC1CCC(C)CC1.I. The zero-order chi connectivity index (χ0) is 16.7. The minimum absolute atomic E-state index is 0. The summed E-state index contributed by atoms with van der Waals surface area (Å²) in [5, 5.41) is 7.18. The minimum atomic E-state index is 0.